The second kappa shape index (κ2) is 5.17. The second-order valence-electron chi connectivity index (χ2n) is 3.02. The van der Waals surface area contributed by atoms with Crippen molar-refractivity contribution in [3.63, 3.8) is 0 Å². The lowest BCUT2D eigenvalue weighted by Gasteiger charge is -2.24. The predicted octanol–water partition coefficient (Wildman–Crippen LogP) is 2.20. The van der Waals surface area contributed by atoms with Crippen LogP contribution in [0.15, 0.2) is 17.9 Å². The minimum absolute atomic E-state index is 1.09. The van der Waals surface area contributed by atoms with Gasteiger partial charge in [0, 0.05) is 6.54 Å². The molecular weight excluding hydrogens is 134 g/mol. The van der Waals surface area contributed by atoms with Gasteiger partial charge in [0.15, 0.2) is 0 Å². The van der Waals surface area contributed by atoms with Gasteiger partial charge in [0.1, 0.15) is 0 Å². The molecule has 0 unspecified atom stereocenters. The van der Waals surface area contributed by atoms with Crippen LogP contribution in [0.4, 0.5) is 0 Å². The summed E-state index contributed by atoms with van der Waals surface area (Å²) in [6, 6.07) is 0. The Kier molecular flexibility index (Phi) is 4.03. The first-order valence-corrected chi connectivity index (χ1v) is 4.51. The molecular formula is C10H17N. The Balaban J connectivity index is 2.19. The number of rotatable bonds is 2. The molecule has 1 fully saturated rings. The van der Waals surface area contributed by atoms with Crippen LogP contribution in [0.5, 0.6) is 0 Å². The minimum Gasteiger partial charge on any atom is -0.299 e. The number of hydrogen-bond acceptors (Lipinski definition) is 1. The zero-order valence-corrected chi connectivity index (χ0v) is 7.34. The normalized spacial score (nSPS) is 19.0. The van der Waals surface area contributed by atoms with Gasteiger partial charge in [-0.25, -0.2) is 0 Å². The van der Waals surface area contributed by atoms with E-state index >= 15 is 0 Å². The number of piperidine rings is 1. The third-order valence-corrected chi connectivity index (χ3v) is 2.08. The number of nitrogens with zero attached hydrogens (tertiary/aromatic N) is 1. The van der Waals surface area contributed by atoms with Crippen LogP contribution >= 0.6 is 0 Å². The van der Waals surface area contributed by atoms with Gasteiger partial charge >= 0.3 is 0 Å². The average Bonchev–Trinajstić information content (AvgIpc) is 2.07. The van der Waals surface area contributed by atoms with Crippen molar-refractivity contribution in [2.45, 2.75) is 26.2 Å². The molecule has 62 valence electrons. The summed E-state index contributed by atoms with van der Waals surface area (Å²) in [7, 11) is 0. The molecule has 1 aliphatic rings. The van der Waals surface area contributed by atoms with Crippen molar-refractivity contribution in [2.75, 3.05) is 19.6 Å². The van der Waals surface area contributed by atoms with Crippen LogP contribution < -0.4 is 0 Å². The fourth-order valence-corrected chi connectivity index (χ4v) is 1.44. The molecule has 1 rings (SSSR count). The van der Waals surface area contributed by atoms with E-state index < -0.39 is 0 Å². The molecule has 0 aromatic carbocycles. The van der Waals surface area contributed by atoms with Crippen LogP contribution in [-0.2, 0) is 0 Å². The zero-order valence-electron chi connectivity index (χ0n) is 7.34. The number of likely N-dealkylation sites (tertiary alicyclic amines) is 1. The van der Waals surface area contributed by atoms with Crippen molar-refractivity contribution in [1.82, 2.24) is 4.90 Å². The molecule has 1 saturated heterocycles. The highest BCUT2D eigenvalue weighted by Crippen LogP contribution is 2.07. The van der Waals surface area contributed by atoms with E-state index in [2.05, 4.69) is 16.7 Å². The Morgan fingerprint density at radius 3 is 2.64 bits per heavy atom. The first-order chi connectivity index (χ1) is 5.43. The van der Waals surface area contributed by atoms with Crippen molar-refractivity contribution in [2.24, 2.45) is 0 Å². The second-order valence-corrected chi connectivity index (χ2v) is 3.02. The molecule has 0 N–H and O–H groups in total. The van der Waals surface area contributed by atoms with E-state index in [0.29, 0.717) is 0 Å². The highest BCUT2D eigenvalue weighted by molar-refractivity contribution is 4.85. The van der Waals surface area contributed by atoms with Gasteiger partial charge in [-0.3, -0.25) is 4.90 Å². The topological polar surface area (TPSA) is 3.24 Å². The lowest BCUT2D eigenvalue weighted by atomic mass is 10.1. The monoisotopic (exact) mass is 151 g/mol. The van der Waals surface area contributed by atoms with E-state index in [4.69, 9.17) is 0 Å². The van der Waals surface area contributed by atoms with Gasteiger partial charge < -0.3 is 0 Å². The first-order valence-electron chi connectivity index (χ1n) is 4.51. The van der Waals surface area contributed by atoms with E-state index in [-0.39, 0.29) is 0 Å². The van der Waals surface area contributed by atoms with E-state index in [1.165, 1.54) is 32.4 Å². The Bertz CT molecular complexity index is 148. The molecule has 0 aromatic heterocycles. The van der Waals surface area contributed by atoms with E-state index in [1.807, 2.05) is 13.0 Å². The van der Waals surface area contributed by atoms with Crippen molar-refractivity contribution in [1.29, 1.82) is 0 Å². The molecule has 0 spiro atoms. The SMILES string of the molecule is CC=C=CCN1CCCCC1. The van der Waals surface area contributed by atoms with E-state index in [1.54, 1.807) is 0 Å². The maximum atomic E-state index is 3.10. The highest BCUT2D eigenvalue weighted by Gasteiger charge is 2.06. The lowest BCUT2D eigenvalue weighted by Crippen LogP contribution is -2.29. The van der Waals surface area contributed by atoms with Gasteiger partial charge in [-0.05, 0) is 45.0 Å². The third-order valence-electron chi connectivity index (χ3n) is 2.08. The summed E-state index contributed by atoms with van der Waals surface area (Å²) in [6.45, 7) is 5.65. The molecule has 0 aliphatic carbocycles. The van der Waals surface area contributed by atoms with Gasteiger partial charge in [0.2, 0.25) is 0 Å². The molecule has 0 bridgehead atoms. The average molecular weight is 151 g/mol. The molecule has 0 radical (unpaired) electrons. The molecule has 0 atom stereocenters. The van der Waals surface area contributed by atoms with Gasteiger partial charge in [-0.15, -0.1) is 5.73 Å². The fraction of sp³-hybridized carbons (Fsp3) is 0.700. The minimum atomic E-state index is 1.09. The molecule has 1 heterocycles. The Hall–Kier alpha value is -0.520. The third kappa shape index (κ3) is 3.41. The maximum Gasteiger partial charge on any atom is 0.0238 e. The Labute approximate surface area is 69.4 Å². The molecule has 0 amide bonds. The van der Waals surface area contributed by atoms with Gasteiger partial charge in [-0.1, -0.05) is 6.42 Å². The molecule has 1 aliphatic heterocycles. The Morgan fingerprint density at radius 2 is 2.00 bits per heavy atom. The summed E-state index contributed by atoms with van der Waals surface area (Å²) in [4.78, 5) is 2.49. The number of hydrogen-bond donors (Lipinski definition) is 0. The smallest absolute Gasteiger partial charge is 0.0238 e. The maximum absolute atomic E-state index is 3.10. The standard InChI is InChI=1S/C10H17N/c1-2-3-5-8-11-9-6-4-7-10-11/h2,5H,4,6-10H2,1H3. The molecule has 1 heteroatoms. The molecule has 1 nitrogen and oxygen atoms in total. The van der Waals surface area contributed by atoms with Crippen molar-refractivity contribution < 1.29 is 0 Å². The van der Waals surface area contributed by atoms with Crippen LogP contribution in [-0.4, -0.2) is 24.5 Å². The fourth-order valence-electron chi connectivity index (χ4n) is 1.44. The highest BCUT2D eigenvalue weighted by atomic mass is 15.1. The molecule has 0 aromatic rings. The van der Waals surface area contributed by atoms with E-state index in [0.717, 1.165) is 6.54 Å². The van der Waals surface area contributed by atoms with Crippen LogP contribution in [0.3, 0.4) is 0 Å². The quantitative estimate of drug-likeness (QED) is 0.547. The summed E-state index contributed by atoms with van der Waals surface area (Å²) in [5.41, 5.74) is 3.10. The molecule has 11 heavy (non-hydrogen) atoms. The van der Waals surface area contributed by atoms with Gasteiger partial charge in [0.05, 0.1) is 0 Å². The summed E-state index contributed by atoms with van der Waals surface area (Å²) in [5.74, 6) is 0. The summed E-state index contributed by atoms with van der Waals surface area (Å²) >= 11 is 0. The van der Waals surface area contributed by atoms with Crippen molar-refractivity contribution in [3.8, 4) is 0 Å². The van der Waals surface area contributed by atoms with Crippen LogP contribution in [0, 0.1) is 0 Å². The lowest BCUT2D eigenvalue weighted by molar-refractivity contribution is 0.251. The summed E-state index contributed by atoms with van der Waals surface area (Å²) in [5, 5.41) is 0. The Morgan fingerprint density at radius 1 is 1.27 bits per heavy atom. The van der Waals surface area contributed by atoms with Crippen LogP contribution in [0.2, 0.25) is 0 Å². The van der Waals surface area contributed by atoms with Gasteiger partial charge in [0.25, 0.3) is 0 Å². The zero-order chi connectivity index (χ0) is 7.94. The van der Waals surface area contributed by atoms with Gasteiger partial charge in [-0.2, -0.15) is 0 Å². The van der Waals surface area contributed by atoms with Crippen molar-refractivity contribution >= 4 is 0 Å². The first kappa shape index (κ1) is 8.58. The van der Waals surface area contributed by atoms with Crippen molar-refractivity contribution in [3.05, 3.63) is 17.9 Å². The van der Waals surface area contributed by atoms with Crippen LogP contribution in [0.1, 0.15) is 26.2 Å². The molecule has 0 saturated carbocycles. The van der Waals surface area contributed by atoms with Crippen LogP contribution in [0.25, 0.3) is 0 Å². The largest absolute Gasteiger partial charge is 0.299 e. The summed E-state index contributed by atoms with van der Waals surface area (Å²) in [6.07, 6.45) is 8.26. The summed E-state index contributed by atoms with van der Waals surface area (Å²) < 4.78 is 0. The van der Waals surface area contributed by atoms with E-state index in [9.17, 15) is 0 Å². The predicted molar refractivity (Wildman–Crippen MR) is 48.6 cm³/mol.